The number of hydrogen-bond donors (Lipinski definition) is 2. The van der Waals surface area contributed by atoms with E-state index in [1.165, 1.54) is 0 Å². The molecule has 0 amide bonds. The zero-order valence-electron chi connectivity index (χ0n) is 9.38. The first kappa shape index (κ1) is 12.9. The zero-order chi connectivity index (χ0) is 10.5. The molecule has 1 unspecified atom stereocenters. The second-order valence-electron chi connectivity index (χ2n) is 5.02. The van der Waals surface area contributed by atoms with Gasteiger partial charge in [-0.15, -0.1) is 0 Å². The fourth-order valence-corrected chi connectivity index (χ4v) is 1.08. The Morgan fingerprint density at radius 1 is 1.38 bits per heavy atom. The zero-order valence-corrected chi connectivity index (χ0v) is 9.38. The van der Waals surface area contributed by atoms with Gasteiger partial charge in [0, 0.05) is 12.6 Å². The van der Waals surface area contributed by atoms with Crippen LogP contribution in [0.25, 0.3) is 0 Å². The van der Waals surface area contributed by atoms with Crippen molar-refractivity contribution >= 4 is 0 Å². The molecule has 0 aromatic rings. The molecular formula is C10H24N2O. The van der Waals surface area contributed by atoms with Crippen molar-refractivity contribution in [2.45, 2.75) is 33.2 Å². The summed E-state index contributed by atoms with van der Waals surface area (Å²) in [5, 5.41) is 8.76. The lowest BCUT2D eigenvalue weighted by Crippen LogP contribution is -2.38. The van der Waals surface area contributed by atoms with Gasteiger partial charge in [-0.1, -0.05) is 20.8 Å². The highest BCUT2D eigenvalue weighted by Crippen LogP contribution is 2.18. The standard InChI is InChI=1S/C10H24N2O/c1-10(2,3)5-6-12(4)7-9(11)8-13/h9,13H,5-8,11H2,1-4H3. The molecule has 0 aliphatic heterocycles. The van der Waals surface area contributed by atoms with Gasteiger partial charge in [-0.25, -0.2) is 0 Å². The molecule has 0 fully saturated rings. The topological polar surface area (TPSA) is 49.5 Å². The summed E-state index contributed by atoms with van der Waals surface area (Å²) in [5.41, 5.74) is 5.99. The smallest absolute Gasteiger partial charge is 0.0595 e. The Hall–Kier alpha value is -0.120. The molecule has 0 saturated carbocycles. The van der Waals surface area contributed by atoms with E-state index in [4.69, 9.17) is 10.8 Å². The van der Waals surface area contributed by atoms with Crippen LogP contribution in [0, 0.1) is 5.41 Å². The first-order valence-corrected chi connectivity index (χ1v) is 4.90. The summed E-state index contributed by atoms with van der Waals surface area (Å²) in [7, 11) is 2.04. The Bertz CT molecular complexity index is 131. The van der Waals surface area contributed by atoms with Crippen LogP contribution in [0.3, 0.4) is 0 Å². The molecule has 3 N–H and O–H groups in total. The lowest BCUT2D eigenvalue weighted by Gasteiger charge is -2.25. The van der Waals surface area contributed by atoms with E-state index in [9.17, 15) is 0 Å². The summed E-state index contributed by atoms with van der Waals surface area (Å²) in [4.78, 5) is 2.17. The number of aliphatic hydroxyl groups excluding tert-OH is 1. The average Bonchev–Trinajstić information content (AvgIpc) is 1.99. The molecule has 0 aliphatic carbocycles. The molecule has 0 aliphatic rings. The summed E-state index contributed by atoms with van der Waals surface area (Å²) in [6, 6.07) is -0.107. The van der Waals surface area contributed by atoms with Gasteiger partial charge in [-0.2, -0.15) is 0 Å². The molecule has 0 rings (SSSR count). The van der Waals surface area contributed by atoms with Crippen LogP contribution in [0.5, 0.6) is 0 Å². The first-order valence-electron chi connectivity index (χ1n) is 4.90. The van der Waals surface area contributed by atoms with Gasteiger partial charge >= 0.3 is 0 Å². The maximum atomic E-state index is 8.76. The van der Waals surface area contributed by atoms with E-state index in [2.05, 4.69) is 25.7 Å². The normalized spacial score (nSPS) is 15.0. The molecule has 0 spiro atoms. The molecule has 0 saturated heterocycles. The van der Waals surface area contributed by atoms with Crippen molar-refractivity contribution in [1.29, 1.82) is 0 Å². The molecule has 0 aromatic carbocycles. The largest absolute Gasteiger partial charge is 0.395 e. The third kappa shape index (κ3) is 8.22. The fraction of sp³-hybridized carbons (Fsp3) is 1.00. The summed E-state index contributed by atoms with van der Waals surface area (Å²) in [6.07, 6.45) is 1.15. The molecule has 13 heavy (non-hydrogen) atoms. The first-order chi connectivity index (χ1) is 5.85. The van der Waals surface area contributed by atoms with E-state index >= 15 is 0 Å². The maximum absolute atomic E-state index is 8.76. The molecule has 3 nitrogen and oxygen atoms in total. The Morgan fingerprint density at radius 3 is 2.31 bits per heavy atom. The van der Waals surface area contributed by atoms with Gasteiger partial charge in [0.1, 0.15) is 0 Å². The number of aliphatic hydroxyl groups is 1. The van der Waals surface area contributed by atoms with Crippen LogP contribution in [-0.4, -0.2) is 42.8 Å². The van der Waals surface area contributed by atoms with Crippen molar-refractivity contribution in [1.82, 2.24) is 4.90 Å². The van der Waals surface area contributed by atoms with Crippen LogP contribution in [0.15, 0.2) is 0 Å². The number of hydrogen-bond acceptors (Lipinski definition) is 3. The third-order valence-electron chi connectivity index (χ3n) is 2.02. The van der Waals surface area contributed by atoms with E-state index in [1.807, 2.05) is 7.05 Å². The van der Waals surface area contributed by atoms with Gasteiger partial charge in [0.05, 0.1) is 6.61 Å². The molecule has 1 atom stereocenters. The molecule has 0 radical (unpaired) electrons. The van der Waals surface area contributed by atoms with Crippen molar-refractivity contribution in [3.63, 3.8) is 0 Å². The molecular weight excluding hydrogens is 164 g/mol. The van der Waals surface area contributed by atoms with Crippen LogP contribution < -0.4 is 5.73 Å². The van der Waals surface area contributed by atoms with Gasteiger partial charge in [0.2, 0.25) is 0 Å². The molecule has 0 bridgehead atoms. The minimum absolute atomic E-state index is 0.0693. The van der Waals surface area contributed by atoms with Crippen molar-refractivity contribution in [2.24, 2.45) is 11.1 Å². The summed E-state index contributed by atoms with van der Waals surface area (Å²) >= 11 is 0. The Balaban J connectivity index is 3.57. The van der Waals surface area contributed by atoms with Gasteiger partial charge < -0.3 is 15.7 Å². The second-order valence-corrected chi connectivity index (χ2v) is 5.02. The fourth-order valence-electron chi connectivity index (χ4n) is 1.08. The molecule has 80 valence electrons. The predicted molar refractivity (Wildman–Crippen MR) is 56.6 cm³/mol. The van der Waals surface area contributed by atoms with Crippen LogP contribution in [-0.2, 0) is 0 Å². The minimum Gasteiger partial charge on any atom is -0.395 e. The van der Waals surface area contributed by atoms with Gasteiger partial charge in [0.15, 0.2) is 0 Å². The quantitative estimate of drug-likeness (QED) is 0.667. The molecule has 0 aromatic heterocycles. The predicted octanol–water partition coefficient (Wildman–Crippen LogP) is 0.674. The van der Waals surface area contributed by atoms with Gasteiger partial charge in [-0.3, -0.25) is 0 Å². The highest BCUT2D eigenvalue weighted by molar-refractivity contribution is 4.68. The van der Waals surface area contributed by atoms with E-state index < -0.39 is 0 Å². The number of rotatable bonds is 5. The van der Waals surface area contributed by atoms with E-state index in [1.54, 1.807) is 0 Å². The summed E-state index contributed by atoms with van der Waals surface area (Å²) in [6.45, 7) is 8.57. The molecule has 3 heteroatoms. The number of nitrogens with zero attached hydrogens (tertiary/aromatic N) is 1. The number of nitrogens with two attached hydrogens (primary N) is 1. The average molecular weight is 188 g/mol. The van der Waals surface area contributed by atoms with Crippen molar-refractivity contribution in [2.75, 3.05) is 26.7 Å². The highest BCUT2D eigenvalue weighted by Gasteiger charge is 2.12. The molecule has 0 heterocycles. The van der Waals surface area contributed by atoms with E-state index in [-0.39, 0.29) is 12.6 Å². The van der Waals surface area contributed by atoms with Crippen molar-refractivity contribution in [3.05, 3.63) is 0 Å². The van der Waals surface area contributed by atoms with E-state index in [0.29, 0.717) is 5.41 Å². The van der Waals surface area contributed by atoms with Crippen LogP contribution in [0.4, 0.5) is 0 Å². The minimum atomic E-state index is -0.107. The van der Waals surface area contributed by atoms with E-state index in [0.717, 1.165) is 19.5 Å². The maximum Gasteiger partial charge on any atom is 0.0595 e. The third-order valence-corrected chi connectivity index (χ3v) is 2.02. The highest BCUT2D eigenvalue weighted by atomic mass is 16.3. The van der Waals surface area contributed by atoms with Crippen LogP contribution in [0.1, 0.15) is 27.2 Å². The van der Waals surface area contributed by atoms with Crippen molar-refractivity contribution in [3.8, 4) is 0 Å². The van der Waals surface area contributed by atoms with Crippen LogP contribution in [0.2, 0.25) is 0 Å². The second kappa shape index (κ2) is 5.58. The Kier molecular flexibility index (Phi) is 5.53. The van der Waals surface area contributed by atoms with Crippen LogP contribution >= 0.6 is 0 Å². The van der Waals surface area contributed by atoms with Gasteiger partial charge in [-0.05, 0) is 25.4 Å². The SMILES string of the molecule is CN(CCC(C)(C)C)CC(N)CO. The number of likely N-dealkylation sites (N-methyl/N-ethyl adjacent to an activating group) is 1. The van der Waals surface area contributed by atoms with Gasteiger partial charge in [0.25, 0.3) is 0 Å². The lowest BCUT2D eigenvalue weighted by atomic mass is 9.92. The Labute approximate surface area is 81.9 Å². The van der Waals surface area contributed by atoms with Crippen molar-refractivity contribution < 1.29 is 5.11 Å². The summed E-state index contributed by atoms with van der Waals surface area (Å²) in [5.74, 6) is 0. The summed E-state index contributed by atoms with van der Waals surface area (Å²) < 4.78 is 0. The Morgan fingerprint density at radius 2 is 1.92 bits per heavy atom. The lowest BCUT2D eigenvalue weighted by molar-refractivity contribution is 0.206. The monoisotopic (exact) mass is 188 g/mol.